The molecule has 0 heterocycles. The van der Waals surface area contributed by atoms with Crippen molar-refractivity contribution in [2.75, 3.05) is 33.8 Å². The van der Waals surface area contributed by atoms with Crippen molar-refractivity contribution in [1.29, 1.82) is 0 Å². The molecule has 0 aliphatic carbocycles. The normalized spacial score (nSPS) is 12.5. The number of likely N-dealkylation sites (N-methyl/N-ethyl adjacent to an activating group) is 1. The summed E-state index contributed by atoms with van der Waals surface area (Å²) in [5.74, 6) is -0.351. The quantitative estimate of drug-likeness (QED) is 0.785. The smallest absolute Gasteiger partial charge is 0.327 e. The van der Waals surface area contributed by atoms with Gasteiger partial charge >= 0.3 is 5.97 Å². The number of rotatable bonds is 7. The van der Waals surface area contributed by atoms with Crippen LogP contribution in [0, 0.1) is 0 Å². The highest BCUT2D eigenvalue weighted by Gasteiger charge is 2.24. The molecule has 6 heteroatoms. The molecule has 0 radical (unpaired) electrons. The predicted octanol–water partition coefficient (Wildman–Crippen LogP) is 2.75. The summed E-state index contributed by atoms with van der Waals surface area (Å²) in [6.07, 6.45) is 0. The van der Waals surface area contributed by atoms with Crippen molar-refractivity contribution < 1.29 is 9.53 Å². The van der Waals surface area contributed by atoms with Crippen LogP contribution in [-0.2, 0) is 9.53 Å². The third-order valence-corrected chi connectivity index (χ3v) is 3.28. The van der Waals surface area contributed by atoms with E-state index < -0.39 is 6.04 Å². The first-order valence-corrected chi connectivity index (χ1v) is 7.21. The van der Waals surface area contributed by atoms with Crippen LogP contribution in [0.5, 0.6) is 0 Å². The van der Waals surface area contributed by atoms with Crippen molar-refractivity contribution in [1.82, 2.24) is 10.2 Å². The second-order valence-electron chi connectivity index (χ2n) is 4.61. The van der Waals surface area contributed by atoms with Gasteiger partial charge in [0.2, 0.25) is 0 Å². The minimum absolute atomic E-state index is 0.322. The number of carbonyl (C=O) groups is 1. The first-order valence-electron chi connectivity index (χ1n) is 6.45. The molecule has 0 aliphatic heterocycles. The first-order chi connectivity index (χ1) is 9.45. The van der Waals surface area contributed by atoms with Crippen LogP contribution in [0.25, 0.3) is 0 Å². The first kappa shape index (κ1) is 17.2. The molecular weight excluding hydrogens is 299 g/mol. The van der Waals surface area contributed by atoms with Gasteiger partial charge in [-0.1, -0.05) is 23.2 Å². The Morgan fingerprint density at radius 1 is 1.40 bits per heavy atom. The average Bonchev–Trinajstić information content (AvgIpc) is 2.38. The standard InChI is InChI=1S/C14H20Cl2N2O2/c1-4-20-14(19)13(17-7-8-18(2)3)11-9-10(15)5-6-12(11)16/h5-6,9,13,17H,4,7-8H2,1-3H3. The van der Waals surface area contributed by atoms with Gasteiger partial charge in [0.05, 0.1) is 6.61 Å². The zero-order valence-electron chi connectivity index (χ0n) is 12.0. The molecule has 0 fully saturated rings. The molecule has 1 rings (SSSR count). The number of carbonyl (C=O) groups excluding carboxylic acids is 1. The second-order valence-corrected chi connectivity index (χ2v) is 5.45. The van der Waals surface area contributed by atoms with Gasteiger partial charge in [-0.25, -0.2) is 4.79 Å². The Labute approximate surface area is 130 Å². The fraction of sp³-hybridized carbons (Fsp3) is 0.500. The number of esters is 1. The van der Waals surface area contributed by atoms with Gasteiger partial charge < -0.3 is 9.64 Å². The molecule has 0 saturated carbocycles. The summed E-state index contributed by atoms with van der Waals surface area (Å²) in [5.41, 5.74) is 0.636. The summed E-state index contributed by atoms with van der Waals surface area (Å²) in [6, 6.07) is 4.45. The minimum atomic E-state index is -0.610. The van der Waals surface area contributed by atoms with Gasteiger partial charge in [0.15, 0.2) is 0 Å². The van der Waals surface area contributed by atoms with E-state index in [-0.39, 0.29) is 5.97 Å². The lowest BCUT2D eigenvalue weighted by molar-refractivity contribution is -0.145. The Morgan fingerprint density at radius 3 is 2.70 bits per heavy atom. The summed E-state index contributed by atoms with van der Waals surface area (Å²) in [7, 11) is 3.93. The molecule has 1 aromatic carbocycles. The van der Waals surface area contributed by atoms with Gasteiger partial charge in [0.25, 0.3) is 0 Å². The molecule has 1 aromatic rings. The summed E-state index contributed by atoms with van der Waals surface area (Å²) in [6.45, 7) is 3.53. The summed E-state index contributed by atoms with van der Waals surface area (Å²) in [5, 5.41) is 4.19. The lowest BCUT2D eigenvalue weighted by Crippen LogP contribution is -2.35. The number of hydrogen-bond donors (Lipinski definition) is 1. The summed E-state index contributed by atoms with van der Waals surface area (Å²) < 4.78 is 5.09. The van der Waals surface area contributed by atoms with Crippen LogP contribution >= 0.6 is 23.2 Å². The van der Waals surface area contributed by atoms with Crippen molar-refractivity contribution in [2.45, 2.75) is 13.0 Å². The number of hydrogen-bond acceptors (Lipinski definition) is 4. The molecule has 0 spiro atoms. The van der Waals surface area contributed by atoms with Crippen LogP contribution in [0.2, 0.25) is 10.0 Å². The van der Waals surface area contributed by atoms with Crippen LogP contribution < -0.4 is 5.32 Å². The number of halogens is 2. The fourth-order valence-electron chi connectivity index (χ4n) is 1.71. The molecule has 1 unspecified atom stereocenters. The maximum atomic E-state index is 12.1. The molecule has 1 N–H and O–H groups in total. The van der Waals surface area contributed by atoms with E-state index in [1.54, 1.807) is 25.1 Å². The van der Waals surface area contributed by atoms with Gasteiger partial charge in [-0.2, -0.15) is 0 Å². The molecule has 1 atom stereocenters. The van der Waals surface area contributed by atoms with E-state index in [1.807, 2.05) is 19.0 Å². The van der Waals surface area contributed by atoms with E-state index in [4.69, 9.17) is 27.9 Å². The molecule has 0 aliphatic rings. The summed E-state index contributed by atoms with van der Waals surface area (Å²) >= 11 is 12.1. The molecule has 0 bridgehead atoms. The van der Waals surface area contributed by atoms with Gasteiger partial charge in [0.1, 0.15) is 6.04 Å². The maximum absolute atomic E-state index is 12.1. The van der Waals surface area contributed by atoms with E-state index in [0.717, 1.165) is 6.54 Å². The molecule has 112 valence electrons. The van der Waals surface area contributed by atoms with E-state index in [9.17, 15) is 4.79 Å². The van der Waals surface area contributed by atoms with Gasteiger partial charge in [-0.05, 0) is 39.2 Å². The Morgan fingerprint density at radius 2 is 2.10 bits per heavy atom. The Hall–Kier alpha value is -0.810. The highest BCUT2D eigenvalue weighted by atomic mass is 35.5. The zero-order valence-corrected chi connectivity index (χ0v) is 13.5. The second kappa shape index (κ2) is 8.47. The Kier molecular flexibility index (Phi) is 7.30. The minimum Gasteiger partial charge on any atom is -0.465 e. The number of ether oxygens (including phenoxy) is 1. The predicted molar refractivity (Wildman–Crippen MR) is 82.4 cm³/mol. The van der Waals surface area contributed by atoms with Gasteiger partial charge in [0, 0.05) is 28.7 Å². The molecule has 20 heavy (non-hydrogen) atoms. The highest BCUT2D eigenvalue weighted by molar-refractivity contribution is 6.33. The molecule has 0 aromatic heterocycles. The lowest BCUT2D eigenvalue weighted by Gasteiger charge is -2.20. The van der Waals surface area contributed by atoms with E-state index in [1.165, 1.54) is 0 Å². The summed E-state index contributed by atoms with van der Waals surface area (Å²) in [4.78, 5) is 14.1. The zero-order chi connectivity index (χ0) is 15.1. The van der Waals surface area contributed by atoms with Crippen LogP contribution in [0.1, 0.15) is 18.5 Å². The van der Waals surface area contributed by atoms with Crippen molar-refractivity contribution in [3.05, 3.63) is 33.8 Å². The largest absolute Gasteiger partial charge is 0.465 e. The monoisotopic (exact) mass is 318 g/mol. The number of benzene rings is 1. The van der Waals surface area contributed by atoms with Crippen molar-refractivity contribution in [3.8, 4) is 0 Å². The molecule has 4 nitrogen and oxygen atoms in total. The van der Waals surface area contributed by atoms with Gasteiger partial charge in [-0.15, -0.1) is 0 Å². The molecule has 0 amide bonds. The number of nitrogens with one attached hydrogen (secondary N) is 1. The maximum Gasteiger partial charge on any atom is 0.327 e. The Balaban J connectivity index is 2.91. The average molecular weight is 319 g/mol. The van der Waals surface area contributed by atoms with Gasteiger partial charge in [-0.3, -0.25) is 5.32 Å². The van der Waals surface area contributed by atoms with E-state index >= 15 is 0 Å². The lowest BCUT2D eigenvalue weighted by atomic mass is 10.1. The Bertz CT molecular complexity index is 453. The fourth-order valence-corrected chi connectivity index (χ4v) is 2.12. The highest BCUT2D eigenvalue weighted by Crippen LogP contribution is 2.27. The van der Waals surface area contributed by atoms with E-state index in [0.29, 0.717) is 28.8 Å². The van der Waals surface area contributed by atoms with Crippen molar-refractivity contribution in [3.63, 3.8) is 0 Å². The third kappa shape index (κ3) is 5.29. The van der Waals surface area contributed by atoms with Crippen LogP contribution in [-0.4, -0.2) is 44.7 Å². The molecule has 0 saturated heterocycles. The van der Waals surface area contributed by atoms with E-state index in [2.05, 4.69) is 5.32 Å². The third-order valence-electron chi connectivity index (χ3n) is 2.70. The van der Waals surface area contributed by atoms with Crippen molar-refractivity contribution >= 4 is 29.2 Å². The van der Waals surface area contributed by atoms with Crippen molar-refractivity contribution in [2.24, 2.45) is 0 Å². The van der Waals surface area contributed by atoms with Crippen LogP contribution in [0.4, 0.5) is 0 Å². The van der Waals surface area contributed by atoms with Crippen LogP contribution in [0.3, 0.4) is 0 Å². The molecular formula is C14H20Cl2N2O2. The van der Waals surface area contributed by atoms with Crippen LogP contribution in [0.15, 0.2) is 18.2 Å². The topological polar surface area (TPSA) is 41.6 Å². The SMILES string of the molecule is CCOC(=O)C(NCCN(C)C)c1cc(Cl)ccc1Cl. The number of nitrogens with zero attached hydrogens (tertiary/aromatic N) is 1.